The number of hydrogen-bond acceptors (Lipinski definition) is 3. The van der Waals surface area contributed by atoms with Crippen LogP contribution in [0.2, 0.25) is 10.0 Å². The van der Waals surface area contributed by atoms with E-state index in [-0.39, 0.29) is 23.6 Å². The highest BCUT2D eigenvalue weighted by molar-refractivity contribution is 6.35. The Morgan fingerprint density at radius 1 is 1.23 bits per heavy atom. The Hall–Kier alpha value is -2.18. The Bertz CT molecular complexity index is 754. The SMILES string of the molecule is Cn1cc(C(=O)O)c(OCc2ccc(Cl)cc2Cl)c1C(=O)O. The van der Waals surface area contributed by atoms with Crippen molar-refractivity contribution in [3.05, 3.63) is 51.3 Å². The number of ether oxygens (including phenoxy) is 1. The number of hydrogen-bond donors (Lipinski definition) is 2. The smallest absolute Gasteiger partial charge is 0.356 e. The molecule has 2 rings (SSSR count). The van der Waals surface area contributed by atoms with Gasteiger partial charge in [-0.3, -0.25) is 0 Å². The van der Waals surface area contributed by atoms with Crippen LogP contribution in [0.5, 0.6) is 5.75 Å². The molecule has 2 aromatic rings. The Labute approximate surface area is 135 Å². The predicted molar refractivity (Wildman–Crippen MR) is 80.1 cm³/mol. The monoisotopic (exact) mass is 343 g/mol. The third-order valence-electron chi connectivity index (χ3n) is 2.96. The van der Waals surface area contributed by atoms with Crippen LogP contribution in [0.25, 0.3) is 0 Å². The van der Waals surface area contributed by atoms with Crippen molar-refractivity contribution in [2.45, 2.75) is 6.61 Å². The molecule has 8 heteroatoms. The molecule has 1 aromatic carbocycles. The lowest BCUT2D eigenvalue weighted by Gasteiger charge is -2.09. The van der Waals surface area contributed by atoms with Crippen molar-refractivity contribution >= 4 is 35.1 Å². The fourth-order valence-corrected chi connectivity index (χ4v) is 2.40. The lowest BCUT2D eigenvalue weighted by atomic mass is 10.2. The Kier molecular flexibility index (Phi) is 4.63. The van der Waals surface area contributed by atoms with Gasteiger partial charge in [0.25, 0.3) is 0 Å². The summed E-state index contributed by atoms with van der Waals surface area (Å²) < 4.78 is 6.59. The summed E-state index contributed by atoms with van der Waals surface area (Å²) >= 11 is 11.8. The first-order chi connectivity index (χ1) is 10.3. The van der Waals surface area contributed by atoms with Crippen LogP contribution in [0.4, 0.5) is 0 Å². The molecule has 0 atom stereocenters. The summed E-state index contributed by atoms with van der Waals surface area (Å²) in [5.74, 6) is -2.78. The molecule has 0 aliphatic carbocycles. The van der Waals surface area contributed by atoms with Crippen LogP contribution >= 0.6 is 23.2 Å². The van der Waals surface area contributed by atoms with Crippen LogP contribution in [0, 0.1) is 0 Å². The van der Waals surface area contributed by atoms with Crippen LogP contribution < -0.4 is 4.74 Å². The summed E-state index contributed by atoms with van der Waals surface area (Å²) in [5, 5.41) is 19.1. The lowest BCUT2D eigenvalue weighted by Crippen LogP contribution is -2.08. The van der Waals surface area contributed by atoms with Gasteiger partial charge in [0.2, 0.25) is 0 Å². The first kappa shape index (κ1) is 16.2. The molecule has 0 spiro atoms. The van der Waals surface area contributed by atoms with Gasteiger partial charge in [-0.15, -0.1) is 0 Å². The van der Waals surface area contributed by atoms with Crippen LogP contribution in [0.1, 0.15) is 26.4 Å². The number of carboxylic acids is 2. The lowest BCUT2D eigenvalue weighted by molar-refractivity contribution is 0.0681. The summed E-state index contributed by atoms with van der Waals surface area (Å²) in [7, 11) is 1.43. The molecule has 116 valence electrons. The zero-order valence-electron chi connectivity index (χ0n) is 11.3. The minimum absolute atomic E-state index is 0.0828. The van der Waals surface area contributed by atoms with E-state index in [4.69, 9.17) is 33.0 Å². The van der Waals surface area contributed by atoms with Crippen LogP contribution in [-0.4, -0.2) is 26.7 Å². The Morgan fingerprint density at radius 3 is 2.45 bits per heavy atom. The molecule has 0 fully saturated rings. The summed E-state index contributed by atoms with van der Waals surface area (Å²) in [5.41, 5.74) is 0.0788. The molecule has 0 aliphatic rings. The molecule has 1 aromatic heterocycles. The fraction of sp³-hybridized carbons (Fsp3) is 0.143. The van der Waals surface area contributed by atoms with E-state index in [0.717, 1.165) is 0 Å². The molecular formula is C14H11Cl2NO5. The van der Waals surface area contributed by atoms with E-state index in [1.807, 2.05) is 0 Å². The number of aryl methyl sites for hydroxylation is 1. The van der Waals surface area contributed by atoms with E-state index in [0.29, 0.717) is 15.6 Å². The van der Waals surface area contributed by atoms with Gasteiger partial charge < -0.3 is 19.5 Å². The van der Waals surface area contributed by atoms with Gasteiger partial charge >= 0.3 is 11.9 Å². The maximum Gasteiger partial charge on any atom is 0.356 e. The summed E-state index contributed by atoms with van der Waals surface area (Å²) in [4.78, 5) is 22.5. The van der Waals surface area contributed by atoms with E-state index in [1.165, 1.54) is 23.9 Å². The summed E-state index contributed by atoms with van der Waals surface area (Å²) in [6.45, 7) is -0.0828. The second-order valence-electron chi connectivity index (χ2n) is 4.47. The molecule has 0 saturated heterocycles. The van der Waals surface area contributed by atoms with Gasteiger partial charge in [0.15, 0.2) is 11.4 Å². The van der Waals surface area contributed by atoms with Gasteiger partial charge in [-0.2, -0.15) is 0 Å². The number of carboxylic acid groups (broad SMARTS) is 2. The zero-order valence-corrected chi connectivity index (χ0v) is 12.9. The largest absolute Gasteiger partial charge is 0.485 e. The highest BCUT2D eigenvalue weighted by Crippen LogP contribution is 2.28. The van der Waals surface area contributed by atoms with E-state index in [9.17, 15) is 14.7 Å². The number of halogens is 2. The first-order valence-electron chi connectivity index (χ1n) is 6.04. The number of benzene rings is 1. The van der Waals surface area contributed by atoms with Gasteiger partial charge in [-0.05, 0) is 12.1 Å². The average molecular weight is 344 g/mol. The second-order valence-corrected chi connectivity index (χ2v) is 5.31. The van der Waals surface area contributed by atoms with Crippen molar-refractivity contribution in [1.29, 1.82) is 0 Å². The molecule has 0 unspecified atom stereocenters. The van der Waals surface area contributed by atoms with Crippen molar-refractivity contribution in [3.63, 3.8) is 0 Å². The number of nitrogens with zero attached hydrogens (tertiary/aromatic N) is 1. The topological polar surface area (TPSA) is 88.8 Å². The van der Waals surface area contributed by atoms with Crippen LogP contribution in [0.15, 0.2) is 24.4 Å². The maximum atomic E-state index is 11.3. The Morgan fingerprint density at radius 2 is 1.91 bits per heavy atom. The van der Waals surface area contributed by atoms with Gasteiger partial charge in [0, 0.05) is 28.9 Å². The average Bonchev–Trinajstić information content (AvgIpc) is 2.75. The highest BCUT2D eigenvalue weighted by atomic mass is 35.5. The first-order valence-corrected chi connectivity index (χ1v) is 6.79. The molecule has 0 saturated carbocycles. The molecule has 0 amide bonds. The van der Waals surface area contributed by atoms with Crippen molar-refractivity contribution in [2.75, 3.05) is 0 Å². The number of aromatic carboxylic acids is 2. The third-order valence-corrected chi connectivity index (χ3v) is 3.54. The molecule has 2 N–H and O–H groups in total. The highest BCUT2D eigenvalue weighted by Gasteiger charge is 2.25. The zero-order chi connectivity index (χ0) is 16.4. The minimum Gasteiger partial charge on any atom is -0.485 e. The second kappa shape index (κ2) is 6.29. The van der Waals surface area contributed by atoms with Crippen molar-refractivity contribution in [1.82, 2.24) is 4.57 Å². The minimum atomic E-state index is -1.28. The molecular weight excluding hydrogens is 333 g/mol. The molecule has 6 nitrogen and oxygen atoms in total. The van der Waals surface area contributed by atoms with Crippen LogP contribution in [-0.2, 0) is 13.7 Å². The van der Waals surface area contributed by atoms with Crippen molar-refractivity contribution in [3.8, 4) is 5.75 Å². The number of carbonyl (C=O) groups is 2. The van der Waals surface area contributed by atoms with Gasteiger partial charge in [-0.25, -0.2) is 9.59 Å². The molecule has 1 heterocycles. The molecule has 22 heavy (non-hydrogen) atoms. The fourth-order valence-electron chi connectivity index (χ4n) is 1.94. The van der Waals surface area contributed by atoms with E-state index in [1.54, 1.807) is 12.1 Å². The van der Waals surface area contributed by atoms with E-state index < -0.39 is 11.9 Å². The summed E-state index contributed by atoms with van der Waals surface area (Å²) in [6, 6.07) is 4.74. The summed E-state index contributed by atoms with van der Waals surface area (Å²) in [6.07, 6.45) is 1.19. The molecule has 0 aliphatic heterocycles. The standard InChI is InChI=1S/C14H11Cl2NO5/c1-17-5-9(13(18)19)12(11(17)14(20)21)22-6-7-2-3-8(15)4-10(7)16/h2-5H,6H2,1H3,(H,18,19)(H,20,21). The van der Waals surface area contributed by atoms with Crippen LogP contribution in [0.3, 0.4) is 0 Å². The quantitative estimate of drug-likeness (QED) is 0.869. The number of aromatic nitrogens is 1. The van der Waals surface area contributed by atoms with Crippen molar-refractivity contribution < 1.29 is 24.5 Å². The predicted octanol–water partition coefficient (Wildman–Crippen LogP) is 3.31. The number of rotatable bonds is 5. The normalized spacial score (nSPS) is 10.5. The molecule has 0 radical (unpaired) electrons. The van der Waals surface area contributed by atoms with Gasteiger partial charge in [0.05, 0.1) is 0 Å². The van der Waals surface area contributed by atoms with Gasteiger partial charge in [0.1, 0.15) is 12.2 Å². The Balaban J connectivity index is 2.36. The van der Waals surface area contributed by atoms with E-state index >= 15 is 0 Å². The maximum absolute atomic E-state index is 11.3. The van der Waals surface area contributed by atoms with E-state index in [2.05, 4.69) is 0 Å². The molecule has 0 bridgehead atoms. The van der Waals surface area contributed by atoms with Crippen molar-refractivity contribution in [2.24, 2.45) is 7.05 Å². The third kappa shape index (κ3) is 3.18. The van der Waals surface area contributed by atoms with Gasteiger partial charge in [-0.1, -0.05) is 29.3 Å².